The maximum atomic E-state index is 13.7. The third-order valence-corrected chi connectivity index (χ3v) is 3.94. The molecule has 0 saturated carbocycles. The van der Waals surface area contributed by atoms with Crippen molar-refractivity contribution in [2.45, 2.75) is 4.90 Å². The van der Waals surface area contributed by atoms with Gasteiger partial charge in [-0.2, -0.15) is 0 Å². The number of amides is 1. The Balaban J connectivity index is 2.29. The van der Waals surface area contributed by atoms with Gasteiger partial charge in [-0.3, -0.25) is 4.79 Å². The van der Waals surface area contributed by atoms with Crippen LogP contribution in [0.3, 0.4) is 0 Å². The van der Waals surface area contributed by atoms with Crippen LogP contribution < -0.4 is 5.32 Å². The summed E-state index contributed by atoms with van der Waals surface area (Å²) >= 11 is 0. The van der Waals surface area contributed by atoms with Gasteiger partial charge in [-0.15, -0.1) is 0 Å². The largest absolute Gasteiger partial charge is 0.319 e. The highest BCUT2D eigenvalue weighted by Gasteiger charge is 2.16. The third-order valence-electron chi connectivity index (χ3n) is 2.59. The van der Waals surface area contributed by atoms with Gasteiger partial charge in [-0.1, -0.05) is 12.1 Å². The van der Waals surface area contributed by atoms with Crippen molar-refractivity contribution >= 4 is 31.3 Å². The molecule has 0 aliphatic rings. The topological polar surface area (TPSA) is 63.2 Å². The van der Waals surface area contributed by atoms with Crippen molar-refractivity contribution < 1.29 is 22.0 Å². The zero-order chi connectivity index (χ0) is 15.6. The first-order valence-electron chi connectivity index (χ1n) is 5.59. The van der Waals surface area contributed by atoms with E-state index in [4.69, 9.17) is 10.7 Å². The number of rotatable bonds is 3. The maximum Gasteiger partial charge on any atom is 0.261 e. The monoisotopic (exact) mass is 331 g/mol. The molecular formula is C13H8ClF2NO3S. The number of anilines is 1. The van der Waals surface area contributed by atoms with Crippen LogP contribution in [0.15, 0.2) is 47.4 Å². The van der Waals surface area contributed by atoms with E-state index in [1.165, 1.54) is 18.2 Å². The summed E-state index contributed by atoms with van der Waals surface area (Å²) in [6.45, 7) is 0. The summed E-state index contributed by atoms with van der Waals surface area (Å²) in [6.07, 6.45) is 0. The molecule has 2 aromatic rings. The molecule has 110 valence electrons. The molecule has 0 bridgehead atoms. The van der Waals surface area contributed by atoms with Crippen LogP contribution in [0.5, 0.6) is 0 Å². The molecule has 0 radical (unpaired) electrons. The molecule has 8 heteroatoms. The average molecular weight is 332 g/mol. The minimum absolute atomic E-state index is 0.258. The minimum atomic E-state index is -4.07. The number of halogens is 3. The van der Waals surface area contributed by atoms with Crippen LogP contribution >= 0.6 is 10.7 Å². The van der Waals surface area contributed by atoms with Crippen molar-refractivity contribution in [2.75, 3.05) is 5.32 Å². The third kappa shape index (κ3) is 3.56. The molecule has 2 aromatic carbocycles. The fourth-order valence-corrected chi connectivity index (χ4v) is 2.35. The second-order valence-electron chi connectivity index (χ2n) is 4.01. The molecule has 1 N–H and O–H groups in total. The lowest BCUT2D eigenvalue weighted by Gasteiger charge is -2.08. The molecule has 0 spiro atoms. The first-order valence-corrected chi connectivity index (χ1v) is 7.90. The Labute approximate surface area is 123 Å². The van der Waals surface area contributed by atoms with Crippen LogP contribution in [0.1, 0.15) is 10.4 Å². The van der Waals surface area contributed by atoms with E-state index in [-0.39, 0.29) is 11.3 Å². The summed E-state index contributed by atoms with van der Waals surface area (Å²) in [7, 11) is 1.00. The molecule has 0 heterocycles. The molecule has 0 fully saturated rings. The predicted molar refractivity (Wildman–Crippen MR) is 73.8 cm³/mol. The zero-order valence-corrected chi connectivity index (χ0v) is 11.9. The molecule has 0 aliphatic carbocycles. The van der Waals surface area contributed by atoms with E-state index in [2.05, 4.69) is 5.32 Å². The van der Waals surface area contributed by atoms with Gasteiger partial charge >= 0.3 is 0 Å². The maximum absolute atomic E-state index is 13.7. The molecule has 0 aliphatic heterocycles. The molecule has 0 unspecified atom stereocenters. The predicted octanol–water partition coefficient (Wildman–Crippen LogP) is 3.14. The van der Waals surface area contributed by atoms with Gasteiger partial charge in [0, 0.05) is 10.7 Å². The average Bonchev–Trinajstić information content (AvgIpc) is 2.40. The van der Waals surface area contributed by atoms with E-state index in [1.54, 1.807) is 0 Å². The molecule has 4 nitrogen and oxygen atoms in total. The number of benzene rings is 2. The van der Waals surface area contributed by atoms with Crippen LogP contribution in [0.25, 0.3) is 0 Å². The minimum Gasteiger partial charge on any atom is -0.319 e. The summed E-state index contributed by atoms with van der Waals surface area (Å²) in [5, 5.41) is 2.15. The van der Waals surface area contributed by atoms with E-state index in [9.17, 15) is 22.0 Å². The molecule has 1 amide bonds. The zero-order valence-electron chi connectivity index (χ0n) is 10.3. The first kappa shape index (κ1) is 15.4. The van der Waals surface area contributed by atoms with Crippen molar-refractivity contribution in [3.63, 3.8) is 0 Å². The normalized spacial score (nSPS) is 11.2. The summed E-state index contributed by atoms with van der Waals surface area (Å²) in [6, 6.07) is 7.92. The Morgan fingerprint density at radius 3 is 2.29 bits per heavy atom. The molecular weight excluding hydrogens is 324 g/mol. The Kier molecular flexibility index (Phi) is 4.24. The molecule has 2 rings (SSSR count). The Bertz CT molecular complexity index is 809. The number of nitrogens with one attached hydrogen (secondary N) is 1. The van der Waals surface area contributed by atoms with Gasteiger partial charge < -0.3 is 5.32 Å². The van der Waals surface area contributed by atoms with Crippen molar-refractivity contribution in [2.24, 2.45) is 0 Å². The standard InChI is InChI=1S/C13H8ClF2NO3S/c14-21(19,20)8-5-6-12(11(16)7-8)17-13(18)9-3-1-2-4-10(9)15/h1-7H,(H,17,18). The molecule has 0 aromatic heterocycles. The summed E-state index contributed by atoms with van der Waals surface area (Å²) in [5.41, 5.74) is -0.543. The van der Waals surface area contributed by atoms with E-state index in [0.29, 0.717) is 6.07 Å². The highest BCUT2D eigenvalue weighted by atomic mass is 35.7. The molecule has 0 atom stereocenters. The smallest absolute Gasteiger partial charge is 0.261 e. The van der Waals surface area contributed by atoms with E-state index in [1.807, 2.05) is 0 Å². The lowest BCUT2D eigenvalue weighted by atomic mass is 10.2. The SMILES string of the molecule is O=C(Nc1ccc(S(=O)(=O)Cl)cc1F)c1ccccc1F. The Morgan fingerprint density at radius 1 is 1.05 bits per heavy atom. The van der Waals surface area contributed by atoms with E-state index in [0.717, 1.165) is 18.2 Å². The highest BCUT2D eigenvalue weighted by Crippen LogP contribution is 2.22. The summed E-state index contributed by atoms with van der Waals surface area (Å²) in [4.78, 5) is 11.4. The van der Waals surface area contributed by atoms with Gasteiger partial charge in [0.2, 0.25) is 0 Å². The molecule has 0 saturated heterocycles. The van der Waals surface area contributed by atoms with Crippen molar-refractivity contribution in [3.8, 4) is 0 Å². The van der Waals surface area contributed by atoms with E-state index >= 15 is 0 Å². The second-order valence-corrected chi connectivity index (χ2v) is 6.58. The van der Waals surface area contributed by atoms with Crippen molar-refractivity contribution in [1.82, 2.24) is 0 Å². The number of carbonyl (C=O) groups excluding carboxylic acids is 1. The summed E-state index contributed by atoms with van der Waals surface area (Å²) in [5.74, 6) is -2.61. The van der Waals surface area contributed by atoms with Crippen LogP contribution in [-0.2, 0) is 9.05 Å². The van der Waals surface area contributed by atoms with Crippen LogP contribution in [0, 0.1) is 11.6 Å². The Morgan fingerprint density at radius 2 is 1.71 bits per heavy atom. The van der Waals surface area contributed by atoms with Crippen LogP contribution in [0.2, 0.25) is 0 Å². The van der Waals surface area contributed by atoms with Gasteiger partial charge in [0.05, 0.1) is 16.1 Å². The number of carbonyl (C=O) groups is 1. The van der Waals surface area contributed by atoms with Gasteiger partial charge in [0.25, 0.3) is 15.0 Å². The Hall–Kier alpha value is -1.99. The fourth-order valence-electron chi connectivity index (χ4n) is 1.58. The second kappa shape index (κ2) is 5.79. The van der Waals surface area contributed by atoms with Gasteiger partial charge in [-0.25, -0.2) is 17.2 Å². The van der Waals surface area contributed by atoms with E-state index < -0.39 is 31.5 Å². The first-order chi connectivity index (χ1) is 9.79. The lowest BCUT2D eigenvalue weighted by Crippen LogP contribution is -2.14. The van der Waals surface area contributed by atoms with Crippen LogP contribution in [-0.4, -0.2) is 14.3 Å². The van der Waals surface area contributed by atoms with Crippen molar-refractivity contribution in [1.29, 1.82) is 0 Å². The molecule has 21 heavy (non-hydrogen) atoms. The van der Waals surface area contributed by atoms with Crippen LogP contribution in [0.4, 0.5) is 14.5 Å². The summed E-state index contributed by atoms with van der Waals surface area (Å²) < 4.78 is 49.2. The van der Waals surface area contributed by atoms with Gasteiger partial charge in [0.15, 0.2) is 0 Å². The number of hydrogen-bond donors (Lipinski definition) is 1. The van der Waals surface area contributed by atoms with Gasteiger partial charge in [0.1, 0.15) is 11.6 Å². The van der Waals surface area contributed by atoms with Gasteiger partial charge in [-0.05, 0) is 30.3 Å². The van der Waals surface area contributed by atoms with Crippen molar-refractivity contribution in [3.05, 3.63) is 59.7 Å². The fraction of sp³-hybridized carbons (Fsp3) is 0. The lowest BCUT2D eigenvalue weighted by molar-refractivity contribution is 0.102. The highest BCUT2D eigenvalue weighted by molar-refractivity contribution is 8.13. The number of hydrogen-bond acceptors (Lipinski definition) is 3. The quantitative estimate of drug-likeness (QED) is 0.879.